The number of rotatable bonds is 4. The van der Waals surface area contributed by atoms with Gasteiger partial charge in [0.1, 0.15) is 0 Å². The van der Waals surface area contributed by atoms with Crippen LogP contribution in [0.2, 0.25) is 0 Å². The van der Waals surface area contributed by atoms with Crippen LogP contribution in [0.3, 0.4) is 0 Å². The van der Waals surface area contributed by atoms with Gasteiger partial charge in [-0.3, -0.25) is 9.59 Å². The van der Waals surface area contributed by atoms with Crippen LogP contribution in [0.15, 0.2) is 85.1 Å². The van der Waals surface area contributed by atoms with Gasteiger partial charge in [-0.05, 0) is 60.5 Å². The normalized spacial score (nSPS) is 11.9. The quantitative estimate of drug-likeness (QED) is 0.593. The summed E-state index contributed by atoms with van der Waals surface area (Å²) in [6, 6.07) is 20.0. The van der Waals surface area contributed by atoms with Crippen LogP contribution in [-0.2, 0) is 0 Å². The van der Waals surface area contributed by atoms with E-state index in [0.29, 0.717) is 22.4 Å². The first kappa shape index (κ1) is 18.4. The van der Waals surface area contributed by atoms with Crippen LogP contribution in [0.4, 0.5) is 11.4 Å². The number of aryl methyl sites for hydroxylation is 1. The Hall–Kier alpha value is -3.92. The SMILES string of the molecule is Cc1ccccc1C(=O)Nc1ccccc1C(=O)c1ccc2c(c1)C=CC=CN2. The van der Waals surface area contributed by atoms with E-state index in [2.05, 4.69) is 10.6 Å². The van der Waals surface area contributed by atoms with Crippen molar-refractivity contribution in [3.63, 3.8) is 0 Å². The highest BCUT2D eigenvalue weighted by molar-refractivity contribution is 6.15. The molecule has 3 aromatic carbocycles. The van der Waals surface area contributed by atoms with Gasteiger partial charge < -0.3 is 10.6 Å². The number of hydrogen-bond acceptors (Lipinski definition) is 3. The monoisotopic (exact) mass is 380 g/mol. The molecule has 0 bridgehead atoms. The zero-order valence-corrected chi connectivity index (χ0v) is 16.0. The van der Waals surface area contributed by atoms with Crippen molar-refractivity contribution in [2.24, 2.45) is 0 Å². The minimum Gasteiger partial charge on any atom is -0.361 e. The molecule has 4 nitrogen and oxygen atoms in total. The molecule has 1 aliphatic rings. The summed E-state index contributed by atoms with van der Waals surface area (Å²) in [6.45, 7) is 1.89. The van der Waals surface area contributed by atoms with Crippen LogP contribution in [0.1, 0.15) is 37.4 Å². The van der Waals surface area contributed by atoms with Crippen molar-refractivity contribution in [3.8, 4) is 0 Å². The number of anilines is 2. The van der Waals surface area contributed by atoms with Gasteiger partial charge in [0, 0.05) is 28.6 Å². The number of carbonyl (C=O) groups is 2. The average Bonchev–Trinajstić information content (AvgIpc) is 2.99. The van der Waals surface area contributed by atoms with Gasteiger partial charge in [-0.25, -0.2) is 0 Å². The van der Waals surface area contributed by atoms with Gasteiger partial charge in [-0.1, -0.05) is 42.5 Å². The summed E-state index contributed by atoms with van der Waals surface area (Å²) in [4.78, 5) is 25.9. The Morgan fingerprint density at radius 3 is 2.45 bits per heavy atom. The minimum absolute atomic E-state index is 0.140. The molecule has 0 radical (unpaired) electrons. The highest BCUT2D eigenvalue weighted by Gasteiger charge is 2.17. The number of fused-ring (bicyclic) bond motifs is 1. The van der Waals surface area contributed by atoms with Crippen molar-refractivity contribution >= 4 is 29.1 Å². The van der Waals surface area contributed by atoms with E-state index in [4.69, 9.17) is 0 Å². The predicted octanol–water partition coefficient (Wildman–Crippen LogP) is 5.43. The first-order valence-electron chi connectivity index (χ1n) is 9.38. The van der Waals surface area contributed by atoms with E-state index >= 15 is 0 Å². The molecule has 142 valence electrons. The fourth-order valence-electron chi connectivity index (χ4n) is 3.29. The second-order valence-corrected chi connectivity index (χ2v) is 6.81. The molecule has 0 spiro atoms. The molecule has 0 unspecified atom stereocenters. The lowest BCUT2D eigenvalue weighted by Gasteiger charge is -2.13. The molecular weight excluding hydrogens is 360 g/mol. The Bertz CT molecular complexity index is 1160. The van der Waals surface area contributed by atoms with Crippen molar-refractivity contribution in [2.75, 3.05) is 10.6 Å². The Morgan fingerprint density at radius 1 is 0.862 bits per heavy atom. The average molecular weight is 380 g/mol. The van der Waals surface area contributed by atoms with Crippen LogP contribution >= 0.6 is 0 Å². The van der Waals surface area contributed by atoms with Gasteiger partial charge in [0.2, 0.25) is 0 Å². The molecule has 4 heteroatoms. The maximum Gasteiger partial charge on any atom is 0.255 e. The standard InChI is InChI=1S/C25H20N2O2/c1-17-8-2-3-10-20(17)25(29)27-23-12-5-4-11-21(23)24(28)19-13-14-22-18(16-19)9-6-7-15-26-22/h2-16,26H,1H3,(H,27,29). The molecule has 0 aliphatic carbocycles. The number of hydrogen-bond donors (Lipinski definition) is 2. The first-order chi connectivity index (χ1) is 14.1. The van der Waals surface area contributed by atoms with Gasteiger partial charge in [0.05, 0.1) is 5.69 Å². The number of benzene rings is 3. The van der Waals surface area contributed by atoms with Gasteiger partial charge in [0.15, 0.2) is 5.78 Å². The van der Waals surface area contributed by atoms with Crippen LogP contribution < -0.4 is 10.6 Å². The van der Waals surface area contributed by atoms with Crippen LogP contribution in [-0.4, -0.2) is 11.7 Å². The summed E-state index contributed by atoms with van der Waals surface area (Å²) in [7, 11) is 0. The van der Waals surface area contributed by atoms with Gasteiger partial charge in [-0.2, -0.15) is 0 Å². The van der Waals surface area contributed by atoms with Crippen molar-refractivity contribution in [2.45, 2.75) is 6.92 Å². The first-order valence-corrected chi connectivity index (χ1v) is 9.38. The number of para-hydroxylation sites is 1. The van der Waals surface area contributed by atoms with Crippen LogP contribution in [0.25, 0.3) is 6.08 Å². The number of carbonyl (C=O) groups excluding carboxylic acids is 2. The van der Waals surface area contributed by atoms with Crippen molar-refractivity contribution in [3.05, 3.63) is 113 Å². The Balaban J connectivity index is 1.65. The molecule has 1 amide bonds. The van der Waals surface area contributed by atoms with E-state index in [-0.39, 0.29) is 11.7 Å². The lowest BCUT2D eigenvalue weighted by atomic mass is 9.98. The second kappa shape index (κ2) is 7.98. The smallest absolute Gasteiger partial charge is 0.255 e. The summed E-state index contributed by atoms with van der Waals surface area (Å²) >= 11 is 0. The molecule has 0 fully saturated rings. The maximum atomic E-state index is 13.2. The Kier molecular flexibility index (Phi) is 5.08. The van der Waals surface area contributed by atoms with Gasteiger partial charge >= 0.3 is 0 Å². The molecule has 0 saturated heterocycles. The van der Waals surface area contributed by atoms with Crippen molar-refractivity contribution in [1.82, 2.24) is 0 Å². The zero-order chi connectivity index (χ0) is 20.2. The highest BCUT2D eigenvalue weighted by Crippen LogP contribution is 2.25. The summed E-state index contributed by atoms with van der Waals surface area (Å²) in [5.74, 6) is -0.373. The van der Waals surface area contributed by atoms with E-state index in [1.807, 2.05) is 61.7 Å². The fraction of sp³-hybridized carbons (Fsp3) is 0.0400. The number of allylic oxidation sites excluding steroid dienone is 2. The van der Waals surface area contributed by atoms with E-state index < -0.39 is 0 Å². The Morgan fingerprint density at radius 2 is 1.62 bits per heavy atom. The number of ketones is 1. The molecule has 4 rings (SSSR count). The van der Waals surface area contributed by atoms with Crippen molar-refractivity contribution in [1.29, 1.82) is 0 Å². The van der Waals surface area contributed by atoms with E-state index in [1.165, 1.54) is 0 Å². The Labute approximate surface area is 169 Å². The largest absolute Gasteiger partial charge is 0.361 e. The minimum atomic E-state index is -0.233. The molecule has 1 aliphatic heterocycles. The summed E-state index contributed by atoms with van der Waals surface area (Å²) in [6.07, 6.45) is 7.62. The van der Waals surface area contributed by atoms with Crippen LogP contribution in [0.5, 0.6) is 0 Å². The maximum absolute atomic E-state index is 13.2. The van der Waals surface area contributed by atoms with E-state index in [1.54, 1.807) is 36.4 Å². The van der Waals surface area contributed by atoms with E-state index in [9.17, 15) is 9.59 Å². The molecular formula is C25H20N2O2. The topological polar surface area (TPSA) is 58.2 Å². The van der Waals surface area contributed by atoms with Crippen LogP contribution in [0, 0.1) is 6.92 Å². The summed E-state index contributed by atoms with van der Waals surface area (Å²) in [5, 5.41) is 6.08. The lowest BCUT2D eigenvalue weighted by molar-refractivity contribution is 0.102. The molecule has 1 heterocycles. The molecule has 29 heavy (non-hydrogen) atoms. The predicted molar refractivity (Wildman–Crippen MR) is 117 cm³/mol. The molecule has 0 aromatic heterocycles. The third-order valence-electron chi connectivity index (χ3n) is 4.85. The summed E-state index contributed by atoms with van der Waals surface area (Å²) in [5.41, 5.74) is 4.86. The number of amides is 1. The summed E-state index contributed by atoms with van der Waals surface area (Å²) < 4.78 is 0. The molecule has 2 N–H and O–H groups in total. The zero-order valence-electron chi connectivity index (χ0n) is 16.0. The fourth-order valence-corrected chi connectivity index (χ4v) is 3.29. The highest BCUT2D eigenvalue weighted by atomic mass is 16.1. The van der Waals surface area contributed by atoms with Gasteiger partial charge in [-0.15, -0.1) is 0 Å². The third-order valence-corrected chi connectivity index (χ3v) is 4.85. The van der Waals surface area contributed by atoms with Gasteiger partial charge in [0.25, 0.3) is 5.91 Å². The third kappa shape index (κ3) is 3.87. The number of nitrogens with one attached hydrogen (secondary N) is 2. The lowest BCUT2D eigenvalue weighted by Crippen LogP contribution is -2.16. The van der Waals surface area contributed by atoms with E-state index in [0.717, 1.165) is 16.8 Å². The molecule has 0 saturated carbocycles. The molecule has 0 atom stereocenters. The second-order valence-electron chi connectivity index (χ2n) is 6.81. The molecule has 3 aromatic rings. The van der Waals surface area contributed by atoms with Crippen molar-refractivity contribution < 1.29 is 9.59 Å².